The number of hydrogen-bond acceptors (Lipinski definition) is 4. The third-order valence-electron chi connectivity index (χ3n) is 4.41. The van der Waals surface area contributed by atoms with Gasteiger partial charge in [0.1, 0.15) is 16.5 Å². The lowest BCUT2D eigenvalue weighted by Gasteiger charge is -2.34. The molecule has 0 saturated carbocycles. The molecule has 3 aromatic carbocycles. The van der Waals surface area contributed by atoms with E-state index in [1.54, 1.807) is 6.07 Å². The van der Waals surface area contributed by atoms with Gasteiger partial charge >= 0.3 is 0 Å². The number of rotatable bonds is 4. The maximum absolute atomic E-state index is 13.0. The number of phenolic OH excluding ortho intramolecular Hbond substituents is 2. The molecule has 0 aliphatic carbocycles. The van der Waals surface area contributed by atoms with Gasteiger partial charge in [-0.1, -0.05) is 76.7 Å². The maximum atomic E-state index is 13.0. The minimum atomic E-state index is -5.09. The van der Waals surface area contributed by atoms with Crippen molar-refractivity contribution < 1.29 is 23.2 Å². The smallest absolute Gasteiger partial charge is 0.283 e. The number of benzene rings is 3. The second-order valence-corrected chi connectivity index (χ2v) is 9.20. The summed E-state index contributed by atoms with van der Waals surface area (Å²) in [7, 11) is -5.09. The summed E-state index contributed by atoms with van der Waals surface area (Å²) in [6.07, 6.45) is 0. The van der Waals surface area contributed by atoms with Crippen LogP contribution < -0.4 is 0 Å². The minimum Gasteiger partial charge on any atom is -0.506 e. The molecule has 5 nitrogen and oxygen atoms in total. The van der Waals surface area contributed by atoms with E-state index in [-0.39, 0.29) is 36.8 Å². The van der Waals surface area contributed by atoms with Gasteiger partial charge in [-0.2, -0.15) is 8.42 Å². The first kappa shape index (κ1) is 22.0. The molecule has 10 heteroatoms. The fourth-order valence-electron chi connectivity index (χ4n) is 3.20. The maximum Gasteiger partial charge on any atom is 0.283 e. The summed E-state index contributed by atoms with van der Waals surface area (Å²) in [5, 5.41) is 19.6. The van der Waals surface area contributed by atoms with Gasteiger partial charge in [0, 0.05) is 16.1 Å². The molecule has 1 atom stereocenters. The predicted octanol–water partition coefficient (Wildman–Crippen LogP) is 5.89. The van der Waals surface area contributed by atoms with E-state index < -0.39 is 26.4 Å². The first-order valence-corrected chi connectivity index (χ1v) is 10.9. The molecule has 0 aromatic heterocycles. The van der Waals surface area contributed by atoms with Gasteiger partial charge in [-0.05, 0) is 29.8 Å². The predicted molar refractivity (Wildman–Crippen MR) is 114 cm³/mol. The molecule has 0 aliphatic rings. The van der Waals surface area contributed by atoms with E-state index in [0.717, 1.165) is 6.07 Å². The number of halogens is 4. The summed E-state index contributed by atoms with van der Waals surface area (Å²) in [4.78, 5) is 0. The fourth-order valence-corrected chi connectivity index (χ4v) is 5.50. The lowest BCUT2D eigenvalue weighted by atomic mass is 9.83. The van der Waals surface area contributed by atoms with Crippen molar-refractivity contribution in [2.75, 3.05) is 0 Å². The highest BCUT2D eigenvalue weighted by Crippen LogP contribution is 2.51. The largest absolute Gasteiger partial charge is 0.506 e. The van der Waals surface area contributed by atoms with E-state index in [4.69, 9.17) is 46.4 Å². The minimum absolute atomic E-state index is 0.0184. The van der Waals surface area contributed by atoms with Gasteiger partial charge in [-0.3, -0.25) is 4.55 Å². The first-order chi connectivity index (χ1) is 13.5. The van der Waals surface area contributed by atoms with Gasteiger partial charge in [0.05, 0.1) is 10.0 Å². The molecule has 0 amide bonds. The molecule has 3 N–H and O–H groups in total. The molecule has 0 heterocycles. The molecule has 0 fully saturated rings. The Labute approximate surface area is 186 Å². The standard InChI is InChI=1S/C19H12Cl4O5S/c20-13-6-2-1-4-11(13)19(29(26,27)28,12-5-3-7-15(24)17(12)22)10-8-14(21)18(23)16(25)9-10/h1-9,24-25H,(H,26,27,28). The van der Waals surface area contributed by atoms with Crippen molar-refractivity contribution in [3.8, 4) is 11.5 Å². The number of phenols is 2. The zero-order valence-corrected chi connectivity index (χ0v) is 18.1. The fraction of sp³-hybridized carbons (Fsp3) is 0.0526. The van der Waals surface area contributed by atoms with Gasteiger partial charge in [-0.15, -0.1) is 0 Å². The Morgan fingerprint density at radius 1 is 0.724 bits per heavy atom. The Balaban J connectivity index is 2.63. The molecule has 152 valence electrons. The summed E-state index contributed by atoms with van der Waals surface area (Å²) in [6, 6.07) is 12.0. The van der Waals surface area contributed by atoms with E-state index in [1.165, 1.54) is 42.5 Å². The van der Waals surface area contributed by atoms with E-state index >= 15 is 0 Å². The van der Waals surface area contributed by atoms with Crippen LogP contribution in [0.2, 0.25) is 20.1 Å². The molecule has 1 unspecified atom stereocenters. The van der Waals surface area contributed by atoms with E-state index in [0.29, 0.717) is 0 Å². The van der Waals surface area contributed by atoms with Crippen LogP contribution in [-0.4, -0.2) is 23.2 Å². The van der Waals surface area contributed by atoms with Crippen LogP contribution in [0.4, 0.5) is 0 Å². The molecule has 3 aromatic rings. The zero-order valence-electron chi connectivity index (χ0n) is 14.3. The average Bonchev–Trinajstić information content (AvgIpc) is 2.63. The Kier molecular flexibility index (Phi) is 5.98. The van der Waals surface area contributed by atoms with Gasteiger partial charge in [-0.25, -0.2) is 0 Å². The molecule has 0 saturated heterocycles. The van der Waals surface area contributed by atoms with Crippen LogP contribution in [0.25, 0.3) is 0 Å². The van der Waals surface area contributed by atoms with Crippen LogP contribution >= 0.6 is 46.4 Å². The summed E-state index contributed by atoms with van der Waals surface area (Å²) < 4.78 is 34.0. The van der Waals surface area contributed by atoms with Crippen molar-refractivity contribution in [3.63, 3.8) is 0 Å². The second-order valence-electron chi connectivity index (χ2n) is 6.07. The van der Waals surface area contributed by atoms with Gasteiger partial charge < -0.3 is 10.2 Å². The molecule has 0 spiro atoms. The van der Waals surface area contributed by atoms with Crippen molar-refractivity contribution in [1.82, 2.24) is 0 Å². The summed E-state index contributed by atoms with van der Waals surface area (Å²) in [5.41, 5.74) is -0.463. The van der Waals surface area contributed by atoms with Crippen LogP contribution in [0.1, 0.15) is 16.7 Å². The van der Waals surface area contributed by atoms with Crippen LogP contribution in [0, 0.1) is 0 Å². The lowest BCUT2D eigenvalue weighted by molar-refractivity contribution is 0.455. The van der Waals surface area contributed by atoms with E-state index in [9.17, 15) is 23.2 Å². The highest BCUT2D eigenvalue weighted by atomic mass is 35.5. The molecular formula is C19H12Cl4O5S. The van der Waals surface area contributed by atoms with Crippen molar-refractivity contribution >= 4 is 56.5 Å². The van der Waals surface area contributed by atoms with Crippen molar-refractivity contribution in [1.29, 1.82) is 0 Å². The SMILES string of the molecule is O=S(=O)(O)C(c1cc(O)c(Cl)c(Cl)c1)(c1ccccc1Cl)c1cccc(O)c1Cl. The first-order valence-electron chi connectivity index (χ1n) is 7.90. The normalized spacial score (nSPS) is 13.8. The number of hydrogen-bond donors (Lipinski definition) is 3. The van der Waals surface area contributed by atoms with Gasteiger partial charge in [0.25, 0.3) is 10.1 Å². The third kappa shape index (κ3) is 3.54. The third-order valence-corrected chi connectivity index (χ3v) is 7.38. The van der Waals surface area contributed by atoms with Crippen molar-refractivity contribution in [2.45, 2.75) is 4.75 Å². The highest BCUT2D eigenvalue weighted by Gasteiger charge is 2.51. The second kappa shape index (κ2) is 7.87. The topological polar surface area (TPSA) is 94.8 Å². The van der Waals surface area contributed by atoms with Crippen LogP contribution in [-0.2, 0) is 14.9 Å². The molecule has 29 heavy (non-hydrogen) atoms. The van der Waals surface area contributed by atoms with Crippen LogP contribution in [0.15, 0.2) is 54.6 Å². The van der Waals surface area contributed by atoms with Crippen LogP contribution in [0.3, 0.4) is 0 Å². The molecule has 3 rings (SSSR count). The average molecular weight is 494 g/mol. The Morgan fingerprint density at radius 3 is 1.93 bits per heavy atom. The zero-order chi connectivity index (χ0) is 21.6. The Bertz CT molecular complexity index is 1190. The highest BCUT2D eigenvalue weighted by molar-refractivity contribution is 7.87. The molecule has 0 bridgehead atoms. The summed E-state index contributed by atoms with van der Waals surface area (Å²) in [6.45, 7) is 0. The van der Waals surface area contributed by atoms with E-state index in [1.807, 2.05) is 0 Å². The lowest BCUT2D eigenvalue weighted by Crippen LogP contribution is -2.39. The quantitative estimate of drug-likeness (QED) is 0.311. The summed E-state index contributed by atoms with van der Waals surface area (Å²) in [5.74, 6) is -0.945. The molecular weight excluding hydrogens is 482 g/mol. The summed E-state index contributed by atoms with van der Waals surface area (Å²) >= 11 is 24.6. The monoisotopic (exact) mass is 492 g/mol. The van der Waals surface area contributed by atoms with Crippen LogP contribution in [0.5, 0.6) is 11.5 Å². The van der Waals surface area contributed by atoms with Gasteiger partial charge in [0.2, 0.25) is 0 Å². The molecule has 0 aliphatic heterocycles. The Morgan fingerprint density at radius 2 is 1.34 bits per heavy atom. The van der Waals surface area contributed by atoms with E-state index in [2.05, 4.69) is 0 Å². The van der Waals surface area contributed by atoms with Crippen molar-refractivity contribution in [3.05, 3.63) is 91.4 Å². The van der Waals surface area contributed by atoms with Crippen molar-refractivity contribution in [2.24, 2.45) is 0 Å². The number of aromatic hydroxyl groups is 2. The Hall–Kier alpha value is -1.67. The molecule has 0 radical (unpaired) electrons. The van der Waals surface area contributed by atoms with Gasteiger partial charge in [0.15, 0.2) is 4.75 Å².